The van der Waals surface area contributed by atoms with Gasteiger partial charge in [-0.3, -0.25) is 0 Å². The normalized spacial score (nSPS) is 24.7. The maximum Gasteiger partial charge on any atom is 0.165 e. The molecule has 0 unspecified atom stereocenters. The van der Waals surface area contributed by atoms with Crippen LogP contribution in [0.3, 0.4) is 0 Å². The number of ether oxygens (including phenoxy) is 2. The van der Waals surface area contributed by atoms with E-state index in [9.17, 15) is 0 Å². The van der Waals surface area contributed by atoms with Crippen LogP contribution in [0.25, 0.3) is 0 Å². The minimum atomic E-state index is -0.369. The van der Waals surface area contributed by atoms with Crippen LogP contribution >= 0.6 is 0 Å². The fraction of sp³-hybridized carbons (Fsp3) is 0.714. The largest absolute Gasteiger partial charge is 0.350 e. The van der Waals surface area contributed by atoms with Gasteiger partial charge >= 0.3 is 0 Å². The van der Waals surface area contributed by atoms with Gasteiger partial charge in [-0.2, -0.15) is 0 Å². The fourth-order valence-electron chi connectivity index (χ4n) is 3.21. The molecule has 2 heteroatoms. The molecule has 0 spiro atoms. The Labute approximate surface area is 142 Å². The topological polar surface area (TPSA) is 18.5 Å². The summed E-state index contributed by atoms with van der Waals surface area (Å²) in [6.45, 7) is 8.13. The molecular weight excluding hydrogens is 284 g/mol. The standard InChI is InChI=1S/C21H34O2/c1-4-6-8-10-18-11-13-19(14-12-18)20-16-22-21(3,23-17-20)15-9-7-5-2/h11-14,20H,4-10,15-17H2,1-3H3/t20-,21-. The van der Waals surface area contributed by atoms with E-state index in [1.807, 2.05) is 0 Å². The monoisotopic (exact) mass is 318 g/mol. The van der Waals surface area contributed by atoms with Gasteiger partial charge in [0, 0.05) is 12.3 Å². The van der Waals surface area contributed by atoms with Gasteiger partial charge in [0.05, 0.1) is 13.2 Å². The molecule has 1 heterocycles. The average molecular weight is 319 g/mol. The van der Waals surface area contributed by atoms with E-state index in [2.05, 4.69) is 45.0 Å². The first-order valence-electron chi connectivity index (χ1n) is 9.53. The number of benzene rings is 1. The summed E-state index contributed by atoms with van der Waals surface area (Å²) in [5.74, 6) is 0.00474. The third-order valence-electron chi connectivity index (χ3n) is 4.93. The molecule has 1 aromatic carbocycles. The van der Waals surface area contributed by atoms with Crippen molar-refractivity contribution >= 4 is 0 Å². The minimum absolute atomic E-state index is 0.369. The first-order chi connectivity index (χ1) is 11.2. The Bertz CT molecular complexity index is 430. The van der Waals surface area contributed by atoms with Crippen LogP contribution in [-0.4, -0.2) is 19.0 Å². The first kappa shape index (κ1) is 18.5. The van der Waals surface area contributed by atoms with E-state index in [1.54, 1.807) is 0 Å². The molecule has 23 heavy (non-hydrogen) atoms. The van der Waals surface area contributed by atoms with Gasteiger partial charge in [0.1, 0.15) is 0 Å². The SMILES string of the molecule is CCCCCc1ccc([C@H]2CO[C@](C)(CCCCC)OC2)cc1. The molecule has 130 valence electrons. The van der Waals surface area contributed by atoms with Crippen LogP contribution in [0.2, 0.25) is 0 Å². The fourth-order valence-corrected chi connectivity index (χ4v) is 3.21. The zero-order valence-electron chi connectivity index (χ0n) is 15.3. The smallest absolute Gasteiger partial charge is 0.165 e. The summed E-state index contributed by atoms with van der Waals surface area (Å²) in [6, 6.07) is 9.08. The van der Waals surface area contributed by atoms with Gasteiger partial charge in [-0.05, 0) is 37.3 Å². The second-order valence-corrected chi connectivity index (χ2v) is 7.11. The predicted octanol–water partition coefficient (Wildman–Crippen LogP) is 5.85. The highest BCUT2D eigenvalue weighted by molar-refractivity contribution is 5.26. The lowest BCUT2D eigenvalue weighted by molar-refractivity contribution is -0.266. The van der Waals surface area contributed by atoms with Crippen molar-refractivity contribution in [3.8, 4) is 0 Å². The maximum atomic E-state index is 6.07. The van der Waals surface area contributed by atoms with Gasteiger partial charge in [-0.1, -0.05) is 63.8 Å². The number of unbranched alkanes of at least 4 members (excludes halogenated alkanes) is 4. The molecule has 1 fully saturated rings. The Hall–Kier alpha value is -0.860. The Kier molecular flexibility index (Phi) is 7.58. The van der Waals surface area contributed by atoms with Crippen molar-refractivity contribution in [3.05, 3.63) is 35.4 Å². The van der Waals surface area contributed by atoms with E-state index in [0.29, 0.717) is 5.92 Å². The lowest BCUT2D eigenvalue weighted by atomic mass is 9.96. The van der Waals surface area contributed by atoms with E-state index in [4.69, 9.17) is 9.47 Å². The van der Waals surface area contributed by atoms with Gasteiger partial charge in [0.2, 0.25) is 0 Å². The van der Waals surface area contributed by atoms with Crippen LogP contribution in [0.4, 0.5) is 0 Å². The predicted molar refractivity (Wildman–Crippen MR) is 96.9 cm³/mol. The molecule has 0 saturated carbocycles. The summed E-state index contributed by atoms with van der Waals surface area (Å²) in [5, 5.41) is 0. The second kappa shape index (κ2) is 9.44. The molecule has 1 saturated heterocycles. The van der Waals surface area contributed by atoms with Crippen molar-refractivity contribution in [2.24, 2.45) is 0 Å². The molecule has 0 bridgehead atoms. The van der Waals surface area contributed by atoms with Crippen LogP contribution in [0.15, 0.2) is 24.3 Å². The number of rotatable bonds is 9. The molecule has 1 aliphatic heterocycles. The molecule has 2 rings (SSSR count). The zero-order valence-corrected chi connectivity index (χ0v) is 15.3. The summed E-state index contributed by atoms with van der Waals surface area (Å²) in [7, 11) is 0. The molecule has 0 N–H and O–H groups in total. The third kappa shape index (κ3) is 5.93. The average Bonchev–Trinajstić information content (AvgIpc) is 2.57. The van der Waals surface area contributed by atoms with Crippen LogP contribution in [0.1, 0.15) is 82.8 Å². The molecule has 1 aliphatic rings. The number of hydrogen-bond donors (Lipinski definition) is 0. The first-order valence-corrected chi connectivity index (χ1v) is 9.53. The highest BCUT2D eigenvalue weighted by Crippen LogP contribution is 2.31. The number of hydrogen-bond acceptors (Lipinski definition) is 2. The molecule has 0 atom stereocenters. The summed E-state index contributed by atoms with van der Waals surface area (Å²) >= 11 is 0. The van der Waals surface area contributed by atoms with Crippen LogP contribution in [-0.2, 0) is 15.9 Å². The van der Waals surface area contributed by atoms with E-state index in [-0.39, 0.29) is 5.79 Å². The Morgan fingerprint density at radius 2 is 1.52 bits per heavy atom. The molecule has 0 aromatic heterocycles. The van der Waals surface area contributed by atoms with E-state index in [1.165, 1.54) is 56.1 Å². The van der Waals surface area contributed by atoms with Crippen molar-refractivity contribution in [1.82, 2.24) is 0 Å². The third-order valence-corrected chi connectivity index (χ3v) is 4.93. The second-order valence-electron chi connectivity index (χ2n) is 7.11. The van der Waals surface area contributed by atoms with E-state index < -0.39 is 0 Å². The molecule has 1 aromatic rings. The summed E-state index contributed by atoms with van der Waals surface area (Å²) < 4.78 is 12.1. The molecule has 0 aliphatic carbocycles. The molecule has 0 radical (unpaired) electrons. The van der Waals surface area contributed by atoms with Gasteiger partial charge in [0.15, 0.2) is 5.79 Å². The van der Waals surface area contributed by atoms with E-state index >= 15 is 0 Å². The van der Waals surface area contributed by atoms with Crippen molar-refractivity contribution in [2.75, 3.05) is 13.2 Å². The minimum Gasteiger partial charge on any atom is -0.350 e. The molecule has 2 nitrogen and oxygen atoms in total. The van der Waals surface area contributed by atoms with Crippen molar-refractivity contribution in [3.63, 3.8) is 0 Å². The Morgan fingerprint density at radius 3 is 2.13 bits per heavy atom. The summed E-state index contributed by atoms with van der Waals surface area (Å²) in [6.07, 6.45) is 9.78. The van der Waals surface area contributed by atoms with Gasteiger partial charge < -0.3 is 9.47 Å². The van der Waals surface area contributed by atoms with Gasteiger partial charge in [-0.25, -0.2) is 0 Å². The van der Waals surface area contributed by atoms with Crippen molar-refractivity contribution < 1.29 is 9.47 Å². The summed E-state index contributed by atoms with van der Waals surface area (Å²) in [4.78, 5) is 0. The molecule has 0 amide bonds. The van der Waals surface area contributed by atoms with E-state index in [0.717, 1.165) is 19.6 Å². The lowest BCUT2D eigenvalue weighted by Gasteiger charge is -2.38. The van der Waals surface area contributed by atoms with Crippen molar-refractivity contribution in [1.29, 1.82) is 0 Å². The maximum absolute atomic E-state index is 6.07. The highest BCUT2D eigenvalue weighted by atomic mass is 16.7. The Balaban J connectivity index is 1.80. The van der Waals surface area contributed by atoms with Crippen molar-refractivity contribution in [2.45, 2.75) is 83.8 Å². The molecular formula is C21H34O2. The Morgan fingerprint density at radius 1 is 0.913 bits per heavy atom. The zero-order chi connectivity index (χ0) is 16.5. The number of aryl methyl sites for hydroxylation is 1. The van der Waals surface area contributed by atoms with Gasteiger partial charge in [0.25, 0.3) is 0 Å². The summed E-state index contributed by atoms with van der Waals surface area (Å²) in [5.41, 5.74) is 2.80. The van der Waals surface area contributed by atoms with Crippen LogP contribution in [0.5, 0.6) is 0 Å². The van der Waals surface area contributed by atoms with Gasteiger partial charge in [-0.15, -0.1) is 0 Å². The van der Waals surface area contributed by atoms with Crippen LogP contribution < -0.4 is 0 Å². The van der Waals surface area contributed by atoms with Crippen LogP contribution in [0, 0.1) is 0 Å². The quantitative estimate of drug-likeness (QED) is 0.532. The lowest BCUT2D eigenvalue weighted by Crippen LogP contribution is -2.40. The highest BCUT2D eigenvalue weighted by Gasteiger charge is 2.32.